The molecule has 3 aliphatic carbocycles. The average molecular weight is 570 g/mol. The van der Waals surface area contributed by atoms with E-state index in [0.29, 0.717) is 19.1 Å². The highest BCUT2D eigenvalue weighted by Gasteiger charge is 2.69. The summed E-state index contributed by atoms with van der Waals surface area (Å²) in [6, 6.07) is 14.3. The van der Waals surface area contributed by atoms with Gasteiger partial charge in [-0.05, 0) is 48.5 Å². The Bertz CT molecular complexity index is 1620. The largest absolute Gasteiger partial charge is 0.496 e. The van der Waals surface area contributed by atoms with Gasteiger partial charge in [0, 0.05) is 34.7 Å². The first-order valence-electron chi connectivity index (χ1n) is 14.3. The number of carbonyl (C=O) groups excluding carboxylic acids is 1. The lowest BCUT2D eigenvalue weighted by atomic mass is 9.36. The van der Waals surface area contributed by atoms with Crippen LogP contribution in [-0.4, -0.2) is 47.7 Å². The Hall–Kier alpha value is -3.56. The molecule has 2 bridgehead atoms. The standard InChI is InChI=1S/C32H39N5O3Si/c1-31(2,3)41(5,6)40-13-12-37-18-24(28(36-37)20-10-8-7-9-11-20)29-22-14-23(26(39-4)15-25(22)34-19-35-29)27-21-16-32(27,17-21)30(33)38/h7-11,14-15,18-19,21,27H,12-13,16-17H2,1-6H3,(H2,33,38). The van der Waals surface area contributed by atoms with E-state index in [-0.39, 0.29) is 16.9 Å². The van der Waals surface area contributed by atoms with Crippen LogP contribution in [0.2, 0.25) is 18.1 Å². The number of rotatable bonds is 9. The smallest absolute Gasteiger partial charge is 0.224 e. The van der Waals surface area contributed by atoms with E-state index in [2.05, 4.69) is 63.2 Å². The molecule has 3 fully saturated rings. The summed E-state index contributed by atoms with van der Waals surface area (Å²) in [5, 5.41) is 6.07. The third-order valence-corrected chi connectivity index (χ3v) is 14.3. The van der Waals surface area contributed by atoms with Crippen molar-refractivity contribution >= 4 is 25.1 Å². The Labute approximate surface area is 242 Å². The lowest BCUT2D eigenvalue weighted by molar-refractivity contribution is -0.173. The number of nitrogens with zero attached hydrogens (tertiary/aromatic N) is 4. The number of methoxy groups -OCH3 is 1. The predicted molar refractivity (Wildman–Crippen MR) is 163 cm³/mol. The summed E-state index contributed by atoms with van der Waals surface area (Å²) in [6.07, 6.45) is 5.37. The van der Waals surface area contributed by atoms with E-state index >= 15 is 0 Å². The fourth-order valence-electron chi connectivity index (χ4n) is 6.27. The van der Waals surface area contributed by atoms with Gasteiger partial charge in [-0.2, -0.15) is 5.10 Å². The minimum absolute atomic E-state index is 0.0659. The summed E-state index contributed by atoms with van der Waals surface area (Å²) < 4.78 is 14.2. The van der Waals surface area contributed by atoms with E-state index in [1.165, 1.54) is 0 Å². The van der Waals surface area contributed by atoms with Gasteiger partial charge in [0.05, 0.1) is 36.9 Å². The maximum atomic E-state index is 12.4. The van der Waals surface area contributed by atoms with Crippen molar-refractivity contribution in [3.05, 3.63) is 60.6 Å². The van der Waals surface area contributed by atoms with Crippen molar-refractivity contribution in [3.8, 4) is 28.3 Å². The molecular formula is C32H39N5O3Si. The molecule has 7 rings (SSSR count). The molecular weight excluding hydrogens is 530 g/mol. The van der Waals surface area contributed by atoms with Gasteiger partial charge in [0.1, 0.15) is 17.8 Å². The topological polar surface area (TPSA) is 105 Å². The van der Waals surface area contributed by atoms with Crippen molar-refractivity contribution in [2.45, 2.75) is 64.2 Å². The molecule has 41 heavy (non-hydrogen) atoms. The van der Waals surface area contributed by atoms with Crippen LogP contribution in [0.5, 0.6) is 5.75 Å². The molecule has 0 saturated heterocycles. The van der Waals surface area contributed by atoms with Crippen LogP contribution in [0, 0.1) is 11.3 Å². The number of nitrogens with two attached hydrogens (primary N) is 1. The molecule has 2 aromatic carbocycles. The van der Waals surface area contributed by atoms with Crippen molar-refractivity contribution < 1.29 is 14.0 Å². The molecule has 2 aromatic heterocycles. The Kier molecular flexibility index (Phi) is 6.58. The monoisotopic (exact) mass is 569 g/mol. The number of fused-ring (bicyclic) bond motifs is 1. The second kappa shape index (κ2) is 9.77. The highest BCUT2D eigenvalue weighted by molar-refractivity contribution is 6.74. The number of carbonyl (C=O) groups is 1. The number of primary amides is 1. The molecule has 3 saturated carbocycles. The molecule has 4 aromatic rings. The summed E-state index contributed by atoms with van der Waals surface area (Å²) >= 11 is 0. The zero-order valence-corrected chi connectivity index (χ0v) is 25.8. The predicted octanol–water partition coefficient (Wildman–Crippen LogP) is 6.17. The van der Waals surface area contributed by atoms with Crippen LogP contribution < -0.4 is 10.5 Å². The Morgan fingerprint density at radius 3 is 2.46 bits per heavy atom. The van der Waals surface area contributed by atoms with E-state index < -0.39 is 13.7 Å². The Morgan fingerprint density at radius 2 is 1.85 bits per heavy atom. The maximum Gasteiger partial charge on any atom is 0.224 e. The van der Waals surface area contributed by atoms with Gasteiger partial charge < -0.3 is 14.9 Å². The van der Waals surface area contributed by atoms with Crippen LogP contribution in [0.3, 0.4) is 0 Å². The third-order valence-electron chi connectivity index (χ3n) is 9.79. The summed E-state index contributed by atoms with van der Waals surface area (Å²) in [7, 11) is -0.213. The van der Waals surface area contributed by atoms with Gasteiger partial charge in [-0.15, -0.1) is 0 Å². The molecule has 2 heterocycles. The van der Waals surface area contributed by atoms with Crippen LogP contribution in [0.25, 0.3) is 33.4 Å². The van der Waals surface area contributed by atoms with Crippen molar-refractivity contribution in [1.29, 1.82) is 0 Å². The number of amides is 1. The number of hydrogen-bond acceptors (Lipinski definition) is 6. The van der Waals surface area contributed by atoms with Gasteiger partial charge in [0.2, 0.25) is 5.91 Å². The molecule has 1 atom stereocenters. The van der Waals surface area contributed by atoms with Gasteiger partial charge in [-0.1, -0.05) is 51.1 Å². The molecule has 2 N–H and O–H groups in total. The van der Waals surface area contributed by atoms with Crippen LogP contribution in [-0.2, 0) is 15.8 Å². The van der Waals surface area contributed by atoms with Crippen LogP contribution in [0.15, 0.2) is 55.0 Å². The first kappa shape index (κ1) is 27.6. The SMILES string of the molecule is COc1cc2ncnc(-c3cn(CCO[Si](C)(C)C(C)(C)C)nc3-c3ccccc3)c2cc1C1C2CC1(C(N)=O)C2. The fraction of sp³-hybridized carbons (Fsp3) is 0.438. The summed E-state index contributed by atoms with van der Waals surface area (Å²) in [5.74, 6) is 1.04. The molecule has 1 unspecified atom stereocenters. The summed E-state index contributed by atoms with van der Waals surface area (Å²) in [6.45, 7) is 12.5. The second-order valence-electron chi connectivity index (χ2n) is 13.1. The number of hydrogen-bond donors (Lipinski definition) is 1. The van der Waals surface area contributed by atoms with Crippen molar-refractivity contribution in [2.24, 2.45) is 17.1 Å². The van der Waals surface area contributed by atoms with Crippen molar-refractivity contribution in [3.63, 3.8) is 0 Å². The highest BCUT2D eigenvalue weighted by atomic mass is 28.4. The van der Waals surface area contributed by atoms with Crippen LogP contribution >= 0.6 is 0 Å². The van der Waals surface area contributed by atoms with Gasteiger partial charge in [-0.3, -0.25) is 9.48 Å². The van der Waals surface area contributed by atoms with E-state index in [1.54, 1.807) is 13.4 Å². The van der Waals surface area contributed by atoms with E-state index in [0.717, 1.165) is 57.6 Å². The molecule has 3 aliphatic rings. The summed E-state index contributed by atoms with van der Waals surface area (Å²) in [5.41, 5.74) is 10.8. The normalized spacial score (nSPS) is 21.8. The molecule has 9 heteroatoms. The lowest BCUT2D eigenvalue weighted by Gasteiger charge is -2.66. The van der Waals surface area contributed by atoms with Gasteiger partial charge >= 0.3 is 0 Å². The maximum absolute atomic E-state index is 12.4. The van der Waals surface area contributed by atoms with Crippen LogP contribution in [0.4, 0.5) is 0 Å². The first-order valence-corrected chi connectivity index (χ1v) is 17.3. The zero-order valence-electron chi connectivity index (χ0n) is 24.8. The number of aromatic nitrogens is 4. The zero-order chi connectivity index (χ0) is 29.2. The van der Waals surface area contributed by atoms with E-state index in [9.17, 15) is 4.79 Å². The third kappa shape index (κ3) is 4.46. The molecule has 0 spiro atoms. The Balaban J connectivity index is 1.43. The van der Waals surface area contributed by atoms with E-state index in [4.69, 9.17) is 25.0 Å². The second-order valence-corrected chi connectivity index (χ2v) is 17.9. The van der Waals surface area contributed by atoms with E-state index in [1.807, 2.05) is 28.9 Å². The molecule has 1 amide bonds. The minimum atomic E-state index is -1.88. The molecule has 8 nitrogen and oxygen atoms in total. The molecule has 214 valence electrons. The highest BCUT2D eigenvalue weighted by Crippen LogP contribution is 2.73. The van der Waals surface area contributed by atoms with Crippen molar-refractivity contribution in [2.75, 3.05) is 13.7 Å². The fourth-order valence-corrected chi connectivity index (χ4v) is 7.30. The van der Waals surface area contributed by atoms with Crippen molar-refractivity contribution in [1.82, 2.24) is 19.7 Å². The van der Waals surface area contributed by atoms with Crippen LogP contribution in [0.1, 0.15) is 45.1 Å². The average Bonchev–Trinajstić information content (AvgIpc) is 3.30. The minimum Gasteiger partial charge on any atom is -0.496 e. The quantitative estimate of drug-likeness (QED) is 0.242. The van der Waals surface area contributed by atoms with Gasteiger partial charge in [0.25, 0.3) is 0 Å². The van der Waals surface area contributed by atoms with Gasteiger partial charge in [-0.25, -0.2) is 9.97 Å². The molecule has 0 radical (unpaired) electrons. The molecule has 0 aliphatic heterocycles. The Morgan fingerprint density at radius 1 is 1.12 bits per heavy atom. The lowest BCUT2D eigenvalue weighted by Crippen LogP contribution is -2.65. The number of ether oxygens (including phenoxy) is 1. The first-order chi connectivity index (χ1) is 19.4. The summed E-state index contributed by atoms with van der Waals surface area (Å²) in [4.78, 5) is 21.8. The number of benzene rings is 2. The van der Waals surface area contributed by atoms with Gasteiger partial charge in [0.15, 0.2) is 8.32 Å².